The third kappa shape index (κ3) is 3.31. The van der Waals surface area contributed by atoms with Crippen LogP contribution in [0.1, 0.15) is 27.2 Å². The molecule has 0 fully saturated rings. The van der Waals surface area contributed by atoms with E-state index in [2.05, 4.69) is 5.43 Å². The standard InChI is InChI=1S/C12H20N4O4S/c1-5-12(2,3)15(4)21(19,20)9-6-7-10(14-13)11(8-9)16(17)18/h6-8,14H,5,13H2,1-4H3. The van der Waals surface area contributed by atoms with Gasteiger partial charge < -0.3 is 5.43 Å². The molecule has 0 heterocycles. The Hall–Kier alpha value is -1.71. The molecule has 0 bridgehead atoms. The van der Waals surface area contributed by atoms with E-state index in [1.807, 2.05) is 6.92 Å². The smallest absolute Gasteiger partial charge is 0.294 e. The van der Waals surface area contributed by atoms with Gasteiger partial charge in [0.1, 0.15) is 5.69 Å². The van der Waals surface area contributed by atoms with E-state index in [0.29, 0.717) is 6.42 Å². The van der Waals surface area contributed by atoms with Crippen molar-refractivity contribution in [3.05, 3.63) is 28.3 Å². The third-order valence-electron chi connectivity index (χ3n) is 3.70. The molecular formula is C12H20N4O4S. The van der Waals surface area contributed by atoms with Crippen LogP contribution in [-0.4, -0.2) is 30.2 Å². The lowest BCUT2D eigenvalue weighted by Gasteiger charge is -2.33. The summed E-state index contributed by atoms with van der Waals surface area (Å²) in [6.45, 7) is 5.44. The lowest BCUT2D eigenvalue weighted by molar-refractivity contribution is -0.384. The predicted octanol–water partition coefficient (Wildman–Crippen LogP) is 1.69. The van der Waals surface area contributed by atoms with Crippen LogP contribution in [0.2, 0.25) is 0 Å². The van der Waals surface area contributed by atoms with Crippen molar-refractivity contribution in [2.24, 2.45) is 5.84 Å². The Balaban J connectivity index is 3.40. The number of nitrogens with one attached hydrogen (secondary N) is 1. The lowest BCUT2D eigenvalue weighted by Crippen LogP contribution is -2.44. The first kappa shape index (κ1) is 17.3. The molecule has 0 atom stereocenters. The van der Waals surface area contributed by atoms with Gasteiger partial charge in [0.05, 0.1) is 9.82 Å². The fourth-order valence-corrected chi connectivity index (χ4v) is 3.25. The van der Waals surface area contributed by atoms with Crippen molar-refractivity contribution in [3.8, 4) is 0 Å². The number of anilines is 1. The highest BCUT2D eigenvalue weighted by Crippen LogP contribution is 2.30. The minimum Gasteiger partial charge on any atom is -0.318 e. The van der Waals surface area contributed by atoms with Gasteiger partial charge in [-0.25, -0.2) is 8.42 Å². The zero-order chi connectivity index (χ0) is 16.4. The Kier molecular flexibility index (Phi) is 4.92. The van der Waals surface area contributed by atoms with Gasteiger partial charge in [0.15, 0.2) is 0 Å². The van der Waals surface area contributed by atoms with Crippen molar-refractivity contribution in [3.63, 3.8) is 0 Å². The van der Waals surface area contributed by atoms with E-state index in [1.165, 1.54) is 23.5 Å². The van der Waals surface area contributed by atoms with Gasteiger partial charge in [0.25, 0.3) is 5.69 Å². The normalized spacial score (nSPS) is 12.5. The van der Waals surface area contributed by atoms with Crippen LogP contribution in [0.5, 0.6) is 0 Å². The largest absolute Gasteiger partial charge is 0.318 e. The summed E-state index contributed by atoms with van der Waals surface area (Å²) in [4.78, 5) is 10.2. The molecule has 118 valence electrons. The second kappa shape index (κ2) is 5.96. The molecule has 1 rings (SSSR count). The monoisotopic (exact) mass is 316 g/mol. The minimum absolute atomic E-state index is 0.0522. The Bertz CT molecular complexity index is 643. The van der Waals surface area contributed by atoms with Crippen molar-refractivity contribution in [2.45, 2.75) is 37.6 Å². The van der Waals surface area contributed by atoms with Crippen LogP contribution in [-0.2, 0) is 10.0 Å². The van der Waals surface area contributed by atoms with Gasteiger partial charge in [-0.1, -0.05) is 6.92 Å². The second-order valence-corrected chi connectivity index (χ2v) is 7.19. The number of rotatable bonds is 6. The molecule has 0 aliphatic carbocycles. The van der Waals surface area contributed by atoms with Crippen LogP contribution in [0.25, 0.3) is 0 Å². The number of nitrogens with two attached hydrogens (primary N) is 1. The molecule has 0 saturated heterocycles. The number of sulfonamides is 1. The van der Waals surface area contributed by atoms with Crippen molar-refractivity contribution < 1.29 is 13.3 Å². The van der Waals surface area contributed by atoms with Crippen LogP contribution < -0.4 is 11.3 Å². The second-order valence-electron chi connectivity index (χ2n) is 5.22. The Morgan fingerprint density at radius 2 is 2.00 bits per heavy atom. The SMILES string of the molecule is CCC(C)(C)N(C)S(=O)(=O)c1ccc(NN)c([N+](=O)[O-])c1. The maximum Gasteiger partial charge on any atom is 0.294 e. The maximum absolute atomic E-state index is 12.6. The van der Waals surface area contributed by atoms with Crippen LogP contribution in [0.15, 0.2) is 23.1 Å². The Morgan fingerprint density at radius 1 is 1.43 bits per heavy atom. The first-order valence-corrected chi connectivity index (χ1v) is 7.76. The van der Waals surface area contributed by atoms with Gasteiger partial charge in [-0.15, -0.1) is 0 Å². The molecular weight excluding hydrogens is 296 g/mol. The summed E-state index contributed by atoms with van der Waals surface area (Å²) in [5.41, 5.74) is 1.24. The van der Waals surface area contributed by atoms with Crippen molar-refractivity contribution >= 4 is 21.4 Å². The quantitative estimate of drug-likeness (QED) is 0.468. The van der Waals surface area contributed by atoms with E-state index in [0.717, 1.165) is 6.07 Å². The number of nitrogens with zero attached hydrogens (tertiary/aromatic N) is 2. The molecule has 0 aliphatic heterocycles. The molecule has 21 heavy (non-hydrogen) atoms. The average molecular weight is 316 g/mol. The van der Waals surface area contributed by atoms with Gasteiger partial charge >= 0.3 is 0 Å². The van der Waals surface area contributed by atoms with Crippen molar-refractivity contribution in [1.29, 1.82) is 0 Å². The number of benzene rings is 1. The molecule has 1 aromatic carbocycles. The number of hydrogen-bond donors (Lipinski definition) is 2. The topological polar surface area (TPSA) is 119 Å². The number of hydrogen-bond acceptors (Lipinski definition) is 6. The molecule has 0 aliphatic rings. The van der Waals surface area contributed by atoms with Crippen LogP contribution in [0, 0.1) is 10.1 Å². The highest BCUT2D eigenvalue weighted by molar-refractivity contribution is 7.89. The number of nitro benzene ring substituents is 1. The third-order valence-corrected chi connectivity index (χ3v) is 5.76. The predicted molar refractivity (Wildman–Crippen MR) is 80.2 cm³/mol. The number of nitrogen functional groups attached to an aromatic ring is 1. The first-order valence-electron chi connectivity index (χ1n) is 6.32. The Morgan fingerprint density at radius 3 is 2.43 bits per heavy atom. The summed E-state index contributed by atoms with van der Waals surface area (Å²) < 4.78 is 26.3. The molecule has 8 nitrogen and oxygen atoms in total. The van der Waals surface area contributed by atoms with E-state index >= 15 is 0 Å². The van der Waals surface area contributed by atoms with Crippen LogP contribution in [0.3, 0.4) is 0 Å². The summed E-state index contributed by atoms with van der Waals surface area (Å²) >= 11 is 0. The summed E-state index contributed by atoms with van der Waals surface area (Å²) in [7, 11) is -2.37. The van der Waals surface area contributed by atoms with E-state index in [1.54, 1.807) is 13.8 Å². The molecule has 0 spiro atoms. The molecule has 0 aromatic heterocycles. The molecule has 0 saturated carbocycles. The zero-order valence-electron chi connectivity index (χ0n) is 12.5. The summed E-state index contributed by atoms with van der Waals surface area (Å²) in [6, 6.07) is 3.57. The van der Waals surface area contributed by atoms with Gasteiger partial charge in [0, 0.05) is 18.7 Å². The van der Waals surface area contributed by atoms with E-state index in [9.17, 15) is 18.5 Å². The number of hydrazine groups is 1. The molecule has 0 unspecified atom stereocenters. The molecule has 9 heteroatoms. The van der Waals surface area contributed by atoms with Crippen molar-refractivity contribution in [2.75, 3.05) is 12.5 Å². The number of nitro groups is 1. The summed E-state index contributed by atoms with van der Waals surface area (Å²) in [6.07, 6.45) is 0.604. The van der Waals surface area contributed by atoms with Crippen LogP contribution >= 0.6 is 0 Å². The van der Waals surface area contributed by atoms with Gasteiger partial charge in [0.2, 0.25) is 10.0 Å². The van der Waals surface area contributed by atoms with E-state index in [-0.39, 0.29) is 16.3 Å². The van der Waals surface area contributed by atoms with E-state index < -0.39 is 20.5 Å². The molecule has 1 aromatic rings. The molecule has 0 amide bonds. The minimum atomic E-state index is -3.83. The lowest BCUT2D eigenvalue weighted by atomic mass is 10.0. The highest BCUT2D eigenvalue weighted by atomic mass is 32.2. The Labute approximate surface area is 124 Å². The zero-order valence-corrected chi connectivity index (χ0v) is 13.3. The first-order chi connectivity index (χ1) is 9.57. The van der Waals surface area contributed by atoms with Gasteiger partial charge in [-0.3, -0.25) is 16.0 Å². The fourth-order valence-electron chi connectivity index (χ4n) is 1.65. The average Bonchev–Trinajstić information content (AvgIpc) is 2.45. The molecule has 0 radical (unpaired) electrons. The molecule has 3 N–H and O–H groups in total. The highest BCUT2D eigenvalue weighted by Gasteiger charge is 2.33. The maximum atomic E-state index is 12.6. The summed E-state index contributed by atoms with van der Waals surface area (Å²) in [5, 5.41) is 11.0. The van der Waals surface area contributed by atoms with Gasteiger partial charge in [-0.05, 0) is 32.4 Å². The van der Waals surface area contributed by atoms with E-state index in [4.69, 9.17) is 5.84 Å². The summed E-state index contributed by atoms with van der Waals surface area (Å²) in [5.74, 6) is 5.18. The van der Waals surface area contributed by atoms with Crippen LogP contribution in [0.4, 0.5) is 11.4 Å². The fraction of sp³-hybridized carbons (Fsp3) is 0.500. The van der Waals surface area contributed by atoms with Gasteiger partial charge in [-0.2, -0.15) is 4.31 Å². The van der Waals surface area contributed by atoms with Crippen molar-refractivity contribution in [1.82, 2.24) is 4.31 Å².